The largest absolute Gasteiger partial charge is 0.420 e. The topological polar surface area (TPSA) is 9.23 Å². The van der Waals surface area contributed by atoms with E-state index >= 15 is 0 Å². The lowest BCUT2D eigenvalue weighted by Crippen LogP contribution is -2.36. The van der Waals surface area contributed by atoms with Crippen molar-refractivity contribution in [2.75, 3.05) is 0 Å². The molecule has 0 saturated carbocycles. The van der Waals surface area contributed by atoms with E-state index in [0.29, 0.717) is 0 Å². The van der Waals surface area contributed by atoms with Gasteiger partial charge in [0.25, 0.3) is 0 Å². The maximum absolute atomic E-state index is 11.6. The van der Waals surface area contributed by atoms with E-state index in [1.807, 2.05) is 0 Å². The molecule has 0 aromatic heterocycles. The Labute approximate surface area is 57.9 Å². The Balaban J connectivity index is 4.13. The molecule has 0 N–H and O–H groups in total. The zero-order valence-electron chi connectivity index (χ0n) is 5.25. The van der Waals surface area contributed by atoms with E-state index < -0.39 is 18.6 Å². The molecule has 11 heavy (non-hydrogen) atoms. The first-order valence-corrected chi connectivity index (χ1v) is 2.39. The minimum absolute atomic E-state index is 0.0523. The van der Waals surface area contributed by atoms with Crippen molar-refractivity contribution in [3.05, 3.63) is 0 Å². The fraction of sp³-hybridized carbons (Fsp3) is 1.00. The summed E-state index contributed by atoms with van der Waals surface area (Å²) in [4.78, 5) is 0. The molecule has 0 fully saturated rings. The van der Waals surface area contributed by atoms with Crippen molar-refractivity contribution >= 4 is 0 Å². The molecule has 0 rings (SSSR count). The van der Waals surface area contributed by atoms with E-state index in [2.05, 4.69) is 4.74 Å². The molecule has 0 unspecified atom stereocenters. The van der Waals surface area contributed by atoms with Crippen molar-refractivity contribution in [3.63, 3.8) is 0 Å². The van der Waals surface area contributed by atoms with Gasteiger partial charge in [0, 0.05) is 6.92 Å². The Bertz CT molecular complexity index is 127. The minimum Gasteiger partial charge on any atom is -0.251 e. The van der Waals surface area contributed by atoms with Crippen LogP contribution in [0.5, 0.6) is 0 Å². The van der Waals surface area contributed by atoms with Crippen molar-refractivity contribution < 1.29 is 31.1 Å². The van der Waals surface area contributed by atoms with Crippen LogP contribution in [-0.4, -0.2) is 18.6 Å². The Morgan fingerprint density at radius 2 is 1.45 bits per heavy atom. The van der Waals surface area contributed by atoms with Crippen LogP contribution in [0.2, 0.25) is 0 Å². The van der Waals surface area contributed by atoms with E-state index in [4.69, 9.17) is 0 Å². The Hall–Kier alpha value is -0.460. The molecule has 68 valence electrons. The highest BCUT2D eigenvalue weighted by Crippen LogP contribution is 2.31. The quantitative estimate of drug-likeness (QED) is 0.609. The van der Waals surface area contributed by atoms with Crippen LogP contribution in [0.15, 0.2) is 0 Å². The third-order valence-corrected chi connectivity index (χ3v) is 0.569. The molecule has 0 amide bonds. The van der Waals surface area contributed by atoms with E-state index in [9.17, 15) is 26.3 Å². The van der Waals surface area contributed by atoms with Gasteiger partial charge in [-0.1, -0.05) is 0 Å². The molecule has 0 radical (unpaired) electrons. The molecule has 0 bridgehead atoms. The van der Waals surface area contributed by atoms with E-state index in [-0.39, 0.29) is 6.92 Å². The van der Waals surface area contributed by atoms with Gasteiger partial charge in [0.2, 0.25) is 0 Å². The lowest BCUT2D eigenvalue weighted by molar-refractivity contribution is -0.398. The van der Waals surface area contributed by atoms with Crippen LogP contribution in [0.1, 0.15) is 6.92 Å². The SMILES string of the molecule is CC(F)(F)OC(F)(F)C(F)F. The summed E-state index contributed by atoms with van der Waals surface area (Å²) in [7, 11) is 0. The van der Waals surface area contributed by atoms with Gasteiger partial charge in [-0.25, -0.2) is 8.78 Å². The third-order valence-electron chi connectivity index (χ3n) is 0.569. The molecule has 7 heteroatoms. The Kier molecular flexibility index (Phi) is 2.76. The zero-order chi connectivity index (χ0) is 9.28. The predicted molar refractivity (Wildman–Crippen MR) is 22.7 cm³/mol. The summed E-state index contributed by atoms with van der Waals surface area (Å²) in [6, 6.07) is 0. The second kappa shape index (κ2) is 2.88. The molecule has 0 atom stereocenters. The van der Waals surface area contributed by atoms with Crippen molar-refractivity contribution in [2.24, 2.45) is 0 Å². The molecule has 0 aliphatic heterocycles. The van der Waals surface area contributed by atoms with Gasteiger partial charge in [-0.3, -0.25) is 4.74 Å². The zero-order valence-corrected chi connectivity index (χ0v) is 5.25. The molecule has 0 aliphatic rings. The van der Waals surface area contributed by atoms with Gasteiger partial charge in [-0.05, 0) is 0 Å². The van der Waals surface area contributed by atoms with Gasteiger partial charge in [0.15, 0.2) is 0 Å². The first kappa shape index (κ1) is 10.5. The van der Waals surface area contributed by atoms with Crippen LogP contribution in [-0.2, 0) is 4.74 Å². The maximum Gasteiger partial charge on any atom is 0.420 e. The minimum atomic E-state index is -5.10. The predicted octanol–water partition coefficient (Wildman–Crippen LogP) is 2.47. The lowest BCUT2D eigenvalue weighted by Gasteiger charge is -2.19. The van der Waals surface area contributed by atoms with Gasteiger partial charge < -0.3 is 0 Å². The molecular formula is C4H4F6O. The molecule has 0 aliphatic carbocycles. The average Bonchev–Trinajstić information content (AvgIpc) is 1.56. The number of hydrogen-bond donors (Lipinski definition) is 0. The molecule has 0 aromatic rings. The van der Waals surface area contributed by atoms with Crippen LogP contribution in [0.4, 0.5) is 26.3 Å². The maximum atomic E-state index is 11.6. The summed E-state index contributed by atoms with van der Waals surface area (Å²) in [5, 5.41) is 0. The molecular weight excluding hydrogens is 178 g/mol. The van der Waals surface area contributed by atoms with Crippen LogP contribution in [0.25, 0.3) is 0 Å². The van der Waals surface area contributed by atoms with Crippen LogP contribution < -0.4 is 0 Å². The van der Waals surface area contributed by atoms with Gasteiger partial charge >= 0.3 is 18.6 Å². The summed E-state index contributed by atoms with van der Waals surface area (Å²) in [6.07, 6.45) is -13.6. The normalized spacial score (nSPS) is 14.2. The molecule has 0 heterocycles. The Morgan fingerprint density at radius 3 is 1.55 bits per heavy atom. The fourth-order valence-electron chi connectivity index (χ4n) is 0.283. The first-order valence-electron chi connectivity index (χ1n) is 2.39. The number of halogens is 6. The van der Waals surface area contributed by atoms with E-state index in [0.717, 1.165) is 0 Å². The van der Waals surface area contributed by atoms with Gasteiger partial charge in [-0.15, -0.1) is 0 Å². The molecule has 0 aromatic carbocycles. The highest BCUT2D eigenvalue weighted by molar-refractivity contribution is 4.57. The standard InChI is InChI=1S/C4H4F6O/c1-3(7,8)11-4(9,10)2(5)6/h2H,1H3. The third kappa shape index (κ3) is 4.07. The van der Waals surface area contributed by atoms with Crippen molar-refractivity contribution in [2.45, 2.75) is 25.6 Å². The van der Waals surface area contributed by atoms with Crippen molar-refractivity contribution in [1.29, 1.82) is 0 Å². The average molecular weight is 182 g/mol. The lowest BCUT2D eigenvalue weighted by atomic mass is 10.6. The van der Waals surface area contributed by atoms with Crippen LogP contribution in [0.3, 0.4) is 0 Å². The molecule has 0 spiro atoms. The van der Waals surface area contributed by atoms with Gasteiger partial charge in [0.05, 0.1) is 0 Å². The van der Waals surface area contributed by atoms with Crippen LogP contribution in [0, 0.1) is 0 Å². The monoisotopic (exact) mass is 182 g/mol. The smallest absolute Gasteiger partial charge is 0.251 e. The second-order valence-electron chi connectivity index (χ2n) is 1.77. The second-order valence-corrected chi connectivity index (χ2v) is 1.77. The summed E-state index contributed by atoms with van der Waals surface area (Å²) in [6.45, 7) is -0.0523. The number of rotatable bonds is 3. The molecule has 1 nitrogen and oxygen atoms in total. The highest BCUT2D eigenvalue weighted by atomic mass is 19.3. The fourth-order valence-corrected chi connectivity index (χ4v) is 0.283. The summed E-state index contributed by atoms with van der Waals surface area (Å²) in [5.41, 5.74) is 0. The van der Waals surface area contributed by atoms with E-state index in [1.165, 1.54) is 0 Å². The number of alkyl halides is 6. The summed E-state index contributed by atoms with van der Waals surface area (Å²) >= 11 is 0. The first-order chi connectivity index (χ1) is 4.65. The van der Waals surface area contributed by atoms with Crippen molar-refractivity contribution in [1.82, 2.24) is 0 Å². The number of ether oxygens (including phenoxy) is 1. The Morgan fingerprint density at radius 1 is 1.09 bits per heavy atom. The summed E-state index contributed by atoms with van der Waals surface area (Å²) < 4.78 is 71.0. The van der Waals surface area contributed by atoms with Gasteiger partial charge in [-0.2, -0.15) is 17.6 Å². The van der Waals surface area contributed by atoms with Crippen molar-refractivity contribution in [3.8, 4) is 0 Å². The van der Waals surface area contributed by atoms with Crippen LogP contribution >= 0.6 is 0 Å². The number of hydrogen-bond acceptors (Lipinski definition) is 1. The highest BCUT2D eigenvalue weighted by Gasteiger charge is 2.48. The van der Waals surface area contributed by atoms with Gasteiger partial charge in [0.1, 0.15) is 0 Å². The molecule has 0 saturated heterocycles. The van der Waals surface area contributed by atoms with E-state index in [1.54, 1.807) is 0 Å². The summed E-state index contributed by atoms with van der Waals surface area (Å²) in [5.74, 6) is 0.